The summed E-state index contributed by atoms with van der Waals surface area (Å²) in [4.78, 5) is 17.0. The van der Waals surface area contributed by atoms with E-state index in [9.17, 15) is 4.79 Å². The molecule has 102 valence electrons. The van der Waals surface area contributed by atoms with Gasteiger partial charge in [0, 0.05) is 30.1 Å². The van der Waals surface area contributed by atoms with Gasteiger partial charge in [0.25, 0.3) is 5.91 Å². The molecule has 1 atom stereocenters. The van der Waals surface area contributed by atoms with E-state index in [0.717, 1.165) is 15.7 Å². The first-order valence-corrected chi connectivity index (χ1v) is 6.75. The topological polar surface area (TPSA) is 59.9 Å². The van der Waals surface area contributed by atoms with Crippen LogP contribution in [0.25, 0.3) is 0 Å². The number of carbonyl (C=O) groups excluding carboxylic acids is 1. The number of halogens is 1. The molecular weight excluding hydrogens is 312 g/mol. The highest BCUT2D eigenvalue weighted by atomic mass is 79.9. The highest BCUT2D eigenvalue weighted by Crippen LogP contribution is 2.19. The van der Waals surface area contributed by atoms with Gasteiger partial charge in [-0.05, 0) is 12.1 Å². The maximum Gasteiger partial charge on any atom is 0.264 e. The number of rotatable bonds is 5. The minimum absolute atomic E-state index is 0.161. The summed E-state index contributed by atoms with van der Waals surface area (Å²) in [6.45, 7) is 0.958. The number of nitrogens with one attached hydrogen (secondary N) is 1. The first kappa shape index (κ1) is 14.0. The van der Waals surface area contributed by atoms with Crippen LogP contribution < -0.4 is 5.32 Å². The monoisotopic (exact) mass is 326 g/mol. The van der Waals surface area contributed by atoms with Gasteiger partial charge in [0.1, 0.15) is 0 Å². The van der Waals surface area contributed by atoms with Crippen LogP contribution in [0.1, 0.15) is 12.0 Å². The average molecular weight is 327 g/mol. The molecule has 0 radical (unpaired) electrons. The second-order valence-electron chi connectivity index (χ2n) is 4.13. The van der Waals surface area contributed by atoms with Crippen LogP contribution in [0.2, 0.25) is 0 Å². The number of methoxy groups -OCH3 is 1. The molecule has 1 aliphatic rings. The molecule has 1 heterocycles. The highest BCUT2D eigenvalue weighted by Gasteiger charge is 2.28. The van der Waals surface area contributed by atoms with E-state index in [0.29, 0.717) is 19.6 Å². The Labute approximate surface area is 120 Å². The molecule has 0 bridgehead atoms. The van der Waals surface area contributed by atoms with E-state index >= 15 is 0 Å². The van der Waals surface area contributed by atoms with Crippen molar-refractivity contribution in [3.05, 3.63) is 34.3 Å². The summed E-state index contributed by atoms with van der Waals surface area (Å²) in [6.07, 6.45) is -0.0687. The van der Waals surface area contributed by atoms with Crippen molar-refractivity contribution in [2.45, 2.75) is 12.5 Å². The summed E-state index contributed by atoms with van der Waals surface area (Å²) in [5.74, 6) is -0.161. The Morgan fingerprint density at radius 1 is 1.63 bits per heavy atom. The molecule has 0 saturated carbocycles. The lowest BCUT2D eigenvalue weighted by atomic mass is 10.0. The van der Waals surface area contributed by atoms with Gasteiger partial charge < -0.3 is 14.9 Å². The van der Waals surface area contributed by atoms with Crippen molar-refractivity contribution in [1.82, 2.24) is 5.32 Å². The lowest BCUT2D eigenvalue weighted by Gasteiger charge is -2.08. The molecule has 1 N–H and O–H groups in total. The molecule has 0 spiro atoms. The van der Waals surface area contributed by atoms with Crippen molar-refractivity contribution in [2.75, 3.05) is 20.3 Å². The van der Waals surface area contributed by atoms with Crippen LogP contribution in [-0.2, 0) is 14.4 Å². The summed E-state index contributed by atoms with van der Waals surface area (Å²) in [7, 11) is 1.59. The summed E-state index contributed by atoms with van der Waals surface area (Å²) >= 11 is 3.41. The molecular formula is C13H15BrN2O3. The number of benzene rings is 1. The third kappa shape index (κ3) is 3.78. The van der Waals surface area contributed by atoms with E-state index in [1.54, 1.807) is 7.11 Å². The zero-order chi connectivity index (χ0) is 13.7. The Balaban J connectivity index is 1.90. The Morgan fingerprint density at radius 3 is 3.21 bits per heavy atom. The summed E-state index contributed by atoms with van der Waals surface area (Å²) in [5, 5.41) is 6.72. The van der Waals surface area contributed by atoms with Crippen LogP contribution in [-0.4, -0.2) is 38.0 Å². The predicted molar refractivity (Wildman–Crippen MR) is 75.1 cm³/mol. The summed E-state index contributed by atoms with van der Waals surface area (Å²) in [6, 6.07) is 7.76. The summed E-state index contributed by atoms with van der Waals surface area (Å²) in [5.41, 5.74) is 1.75. The highest BCUT2D eigenvalue weighted by molar-refractivity contribution is 9.10. The molecule has 6 heteroatoms. The number of oxime groups is 1. The van der Waals surface area contributed by atoms with Gasteiger partial charge in [-0.25, -0.2) is 0 Å². The molecule has 2 rings (SSSR count). The Morgan fingerprint density at radius 2 is 2.47 bits per heavy atom. The van der Waals surface area contributed by atoms with Crippen molar-refractivity contribution < 1.29 is 14.4 Å². The van der Waals surface area contributed by atoms with Gasteiger partial charge in [0.05, 0.1) is 12.3 Å². The molecule has 1 aromatic rings. The fraction of sp³-hybridized carbons (Fsp3) is 0.385. The van der Waals surface area contributed by atoms with Gasteiger partial charge in [0.15, 0.2) is 0 Å². The number of ether oxygens (including phenoxy) is 1. The second kappa shape index (κ2) is 6.68. The summed E-state index contributed by atoms with van der Waals surface area (Å²) < 4.78 is 5.84. The molecule has 0 fully saturated rings. The predicted octanol–water partition coefficient (Wildman–Crippen LogP) is 1.70. The fourth-order valence-electron chi connectivity index (χ4n) is 1.75. The maximum atomic E-state index is 11.8. The second-order valence-corrected chi connectivity index (χ2v) is 5.05. The van der Waals surface area contributed by atoms with Crippen molar-refractivity contribution >= 4 is 27.5 Å². The SMILES string of the molecule is COCCNC(=O)[C@@H]1CC(c2cccc(Br)c2)=NO1. The normalized spacial score (nSPS) is 17.8. The van der Waals surface area contributed by atoms with Gasteiger partial charge >= 0.3 is 0 Å². The first-order valence-electron chi connectivity index (χ1n) is 5.96. The molecule has 0 aliphatic carbocycles. The molecule has 1 amide bonds. The third-order valence-corrected chi connectivity index (χ3v) is 3.22. The average Bonchev–Trinajstić information content (AvgIpc) is 2.88. The maximum absolute atomic E-state index is 11.8. The van der Waals surface area contributed by atoms with Gasteiger partial charge in [-0.15, -0.1) is 0 Å². The van der Waals surface area contributed by atoms with Crippen molar-refractivity contribution in [3.8, 4) is 0 Å². The number of carbonyl (C=O) groups is 1. The van der Waals surface area contributed by atoms with Crippen LogP contribution in [0.15, 0.2) is 33.9 Å². The Bertz CT molecular complexity index is 491. The van der Waals surface area contributed by atoms with Crippen LogP contribution in [0.4, 0.5) is 0 Å². The molecule has 19 heavy (non-hydrogen) atoms. The smallest absolute Gasteiger partial charge is 0.264 e. The lowest BCUT2D eigenvalue weighted by molar-refractivity contribution is -0.131. The lowest BCUT2D eigenvalue weighted by Crippen LogP contribution is -2.36. The van der Waals surface area contributed by atoms with Crippen LogP contribution >= 0.6 is 15.9 Å². The van der Waals surface area contributed by atoms with E-state index in [1.807, 2.05) is 24.3 Å². The number of amides is 1. The molecule has 0 unspecified atom stereocenters. The zero-order valence-corrected chi connectivity index (χ0v) is 12.1. The first-order chi connectivity index (χ1) is 9.20. The Hall–Kier alpha value is -1.40. The minimum atomic E-state index is -0.550. The standard InChI is InChI=1S/C13H15BrN2O3/c1-18-6-5-15-13(17)12-8-11(16-19-12)9-3-2-4-10(14)7-9/h2-4,7,12H,5-6,8H2,1H3,(H,15,17)/t12-/m0/s1. The molecule has 0 saturated heterocycles. The molecule has 1 aliphatic heterocycles. The zero-order valence-electron chi connectivity index (χ0n) is 10.6. The number of nitrogens with zero attached hydrogens (tertiary/aromatic N) is 1. The minimum Gasteiger partial charge on any atom is -0.383 e. The van der Waals surface area contributed by atoms with E-state index in [-0.39, 0.29) is 5.91 Å². The van der Waals surface area contributed by atoms with E-state index in [1.165, 1.54) is 0 Å². The van der Waals surface area contributed by atoms with Crippen molar-refractivity contribution in [2.24, 2.45) is 5.16 Å². The molecule has 0 aromatic heterocycles. The van der Waals surface area contributed by atoms with Crippen LogP contribution in [0, 0.1) is 0 Å². The van der Waals surface area contributed by atoms with Gasteiger partial charge in [-0.1, -0.05) is 33.2 Å². The van der Waals surface area contributed by atoms with E-state index < -0.39 is 6.10 Å². The third-order valence-electron chi connectivity index (χ3n) is 2.72. The van der Waals surface area contributed by atoms with E-state index in [4.69, 9.17) is 9.57 Å². The molecule has 5 nitrogen and oxygen atoms in total. The van der Waals surface area contributed by atoms with Gasteiger partial charge in [-0.3, -0.25) is 4.79 Å². The Kier molecular flexibility index (Phi) is 4.93. The molecule has 1 aromatic carbocycles. The fourth-order valence-corrected chi connectivity index (χ4v) is 2.15. The number of hydrogen-bond donors (Lipinski definition) is 1. The quantitative estimate of drug-likeness (QED) is 0.838. The van der Waals surface area contributed by atoms with Crippen LogP contribution in [0.3, 0.4) is 0 Å². The van der Waals surface area contributed by atoms with E-state index in [2.05, 4.69) is 26.4 Å². The van der Waals surface area contributed by atoms with Crippen LogP contribution in [0.5, 0.6) is 0 Å². The van der Waals surface area contributed by atoms with Gasteiger partial charge in [-0.2, -0.15) is 0 Å². The van der Waals surface area contributed by atoms with Crippen molar-refractivity contribution in [3.63, 3.8) is 0 Å². The largest absolute Gasteiger partial charge is 0.383 e. The van der Waals surface area contributed by atoms with Crippen molar-refractivity contribution in [1.29, 1.82) is 0 Å². The van der Waals surface area contributed by atoms with Gasteiger partial charge in [0.2, 0.25) is 6.10 Å². The number of hydrogen-bond acceptors (Lipinski definition) is 4.